The minimum absolute atomic E-state index is 0.0356. The molecule has 3 heterocycles. The van der Waals surface area contributed by atoms with Crippen LogP contribution in [-0.2, 0) is 19.6 Å². The number of sulfonamides is 1. The number of esters is 1. The number of benzene rings is 1. The molecule has 0 radical (unpaired) electrons. The van der Waals surface area contributed by atoms with Crippen molar-refractivity contribution in [2.45, 2.75) is 61.9 Å². The van der Waals surface area contributed by atoms with E-state index in [1.54, 1.807) is 4.31 Å². The molecule has 3 saturated heterocycles. The number of nitrogens with zero attached hydrogens (tertiary/aromatic N) is 3. The van der Waals surface area contributed by atoms with Crippen molar-refractivity contribution in [2.24, 2.45) is 11.8 Å². The van der Waals surface area contributed by atoms with Crippen LogP contribution >= 0.6 is 0 Å². The summed E-state index contributed by atoms with van der Waals surface area (Å²) in [6, 6.07) is 5.46. The minimum atomic E-state index is -3.92. The number of piperidine rings is 3. The lowest BCUT2D eigenvalue weighted by Crippen LogP contribution is -2.65. The van der Waals surface area contributed by atoms with Crippen LogP contribution in [0.15, 0.2) is 29.2 Å². The number of methoxy groups -OCH3 is 1. The lowest BCUT2D eigenvalue weighted by Gasteiger charge is -2.57. The molecule has 3 aliphatic rings. The van der Waals surface area contributed by atoms with E-state index >= 15 is 0 Å². The molecule has 0 aliphatic carbocycles. The first-order chi connectivity index (χ1) is 15.3. The molecule has 32 heavy (non-hydrogen) atoms. The maximum atomic E-state index is 13.8. The van der Waals surface area contributed by atoms with Gasteiger partial charge in [0.05, 0.1) is 16.9 Å². The Kier molecular flexibility index (Phi) is 6.83. The number of rotatable bonds is 7. The molecule has 0 amide bonds. The van der Waals surface area contributed by atoms with Crippen molar-refractivity contribution < 1.29 is 22.9 Å². The molecule has 0 aromatic heterocycles. The quantitative estimate of drug-likeness (QED) is 0.346. The summed E-state index contributed by atoms with van der Waals surface area (Å²) >= 11 is 0. The third-order valence-corrected chi connectivity index (χ3v) is 9.26. The predicted octanol–water partition coefficient (Wildman–Crippen LogP) is 2.80. The van der Waals surface area contributed by atoms with E-state index in [2.05, 4.69) is 4.90 Å². The number of carbonyl (C=O) groups is 1. The van der Waals surface area contributed by atoms with Crippen molar-refractivity contribution in [3.63, 3.8) is 0 Å². The Hall–Kier alpha value is -2.04. The fourth-order valence-corrected chi connectivity index (χ4v) is 7.84. The first-order valence-electron chi connectivity index (χ1n) is 11.4. The molecule has 4 atom stereocenters. The minimum Gasteiger partial charge on any atom is -0.469 e. The maximum absolute atomic E-state index is 13.8. The van der Waals surface area contributed by atoms with Gasteiger partial charge in [0.15, 0.2) is 0 Å². The van der Waals surface area contributed by atoms with Gasteiger partial charge in [-0.05, 0) is 69.5 Å². The summed E-state index contributed by atoms with van der Waals surface area (Å²) in [5, 5.41) is 11.2. The molecule has 0 bridgehead atoms. The Morgan fingerprint density at radius 1 is 1.25 bits per heavy atom. The van der Waals surface area contributed by atoms with Crippen LogP contribution in [-0.4, -0.2) is 67.3 Å². The average molecular weight is 466 g/mol. The van der Waals surface area contributed by atoms with Gasteiger partial charge in [-0.2, -0.15) is 4.31 Å². The number of nitro groups is 1. The van der Waals surface area contributed by atoms with Crippen molar-refractivity contribution in [3.05, 3.63) is 34.4 Å². The van der Waals surface area contributed by atoms with Gasteiger partial charge in [-0.1, -0.05) is 6.07 Å². The van der Waals surface area contributed by atoms with Gasteiger partial charge in [0.2, 0.25) is 10.0 Å². The summed E-state index contributed by atoms with van der Waals surface area (Å²) in [5.74, 6) is 0.169. The smallest absolute Gasteiger partial charge is 0.305 e. The van der Waals surface area contributed by atoms with Gasteiger partial charge in [-0.3, -0.25) is 19.8 Å². The molecule has 0 spiro atoms. The number of non-ortho nitro benzene ring substituents is 1. The van der Waals surface area contributed by atoms with E-state index in [0.29, 0.717) is 25.4 Å². The van der Waals surface area contributed by atoms with E-state index < -0.39 is 14.9 Å². The number of hydrogen-bond acceptors (Lipinski definition) is 7. The highest BCUT2D eigenvalue weighted by Crippen LogP contribution is 2.45. The third kappa shape index (κ3) is 4.40. The standard InChI is InChI=1S/C22H31N3O6S/c1-31-21(26)11-3-10-20-19-9-5-13-23-12-4-6-16(22(19)23)15-24(20)32(29,30)18-8-2-7-17(14-18)25(27)28/h2,7-8,14,16,19-20,22H,3-6,9-13,15H2,1H3/t16-,19+,20+,22-/m0/s1. The molecule has 3 fully saturated rings. The number of carbonyl (C=O) groups excluding carboxylic acids is 1. The van der Waals surface area contributed by atoms with Crippen molar-refractivity contribution in [2.75, 3.05) is 26.7 Å². The van der Waals surface area contributed by atoms with E-state index in [1.807, 2.05) is 0 Å². The summed E-state index contributed by atoms with van der Waals surface area (Å²) in [6.07, 6.45) is 5.42. The lowest BCUT2D eigenvalue weighted by molar-refractivity contribution is -0.385. The van der Waals surface area contributed by atoms with Crippen LogP contribution in [0.1, 0.15) is 44.9 Å². The van der Waals surface area contributed by atoms with Gasteiger partial charge < -0.3 is 4.74 Å². The molecule has 4 rings (SSSR count). The Balaban J connectivity index is 1.67. The molecule has 3 aliphatic heterocycles. The van der Waals surface area contributed by atoms with Crippen LogP contribution in [0, 0.1) is 22.0 Å². The van der Waals surface area contributed by atoms with Gasteiger partial charge in [-0.25, -0.2) is 8.42 Å². The van der Waals surface area contributed by atoms with Gasteiger partial charge in [0, 0.05) is 37.2 Å². The molecular weight excluding hydrogens is 434 g/mol. The summed E-state index contributed by atoms with van der Waals surface area (Å²) in [4.78, 5) is 24.8. The Labute approximate surface area is 188 Å². The molecule has 10 heteroatoms. The van der Waals surface area contributed by atoms with Gasteiger partial charge >= 0.3 is 5.97 Å². The number of nitro benzene ring substituents is 1. The zero-order chi connectivity index (χ0) is 22.9. The van der Waals surface area contributed by atoms with Crippen molar-refractivity contribution in [1.29, 1.82) is 0 Å². The Morgan fingerprint density at radius 2 is 2.00 bits per heavy atom. The second-order valence-corrected chi connectivity index (χ2v) is 11.0. The van der Waals surface area contributed by atoms with Crippen LogP contribution in [0.3, 0.4) is 0 Å². The van der Waals surface area contributed by atoms with Gasteiger partial charge in [0.1, 0.15) is 0 Å². The molecule has 1 aromatic rings. The topological polar surface area (TPSA) is 110 Å². The molecule has 0 unspecified atom stereocenters. The number of ether oxygens (including phenoxy) is 1. The lowest BCUT2D eigenvalue weighted by atomic mass is 9.70. The van der Waals surface area contributed by atoms with E-state index in [9.17, 15) is 23.3 Å². The van der Waals surface area contributed by atoms with Gasteiger partial charge in [0.25, 0.3) is 5.69 Å². The second-order valence-electron chi connectivity index (χ2n) is 9.10. The first-order valence-corrected chi connectivity index (χ1v) is 12.8. The Bertz CT molecular complexity index is 966. The highest BCUT2D eigenvalue weighted by atomic mass is 32.2. The largest absolute Gasteiger partial charge is 0.469 e. The van der Waals surface area contributed by atoms with E-state index in [1.165, 1.54) is 25.3 Å². The second kappa shape index (κ2) is 9.44. The van der Waals surface area contributed by atoms with Crippen LogP contribution in [0.5, 0.6) is 0 Å². The van der Waals surface area contributed by atoms with Crippen LogP contribution in [0.25, 0.3) is 0 Å². The third-order valence-electron chi connectivity index (χ3n) is 7.37. The summed E-state index contributed by atoms with van der Waals surface area (Å²) in [6.45, 7) is 2.54. The van der Waals surface area contributed by atoms with Crippen LogP contribution in [0.4, 0.5) is 5.69 Å². The predicted molar refractivity (Wildman–Crippen MR) is 117 cm³/mol. The molecule has 1 aromatic carbocycles. The van der Waals surface area contributed by atoms with Gasteiger partial charge in [-0.15, -0.1) is 0 Å². The van der Waals surface area contributed by atoms with Crippen molar-refractivity contribution >= 4 is 21.7 Å². The van der Waals surface area contributed by atoms with E-state index in [-0.39, 0.29) is 40.9 Å². The molecular formula is C22H31N3O6S. The fourth-order valence-electron chi connectivity index (χ4n) is 6.04. The summed E-state index contributed by atoms with van der Waals surface area (Å²) in [7, 11) is -2.56. The average Bonchev–Trinajstić information content (AvgIpc) is 2.80. The summed E-state index contributed by atoms with van der Waals surface area (Å²) in [5.41, 5.74) is -0.232. The summed E-state index contributed by atoms with van der Waals surface area (Å²) < 4.78 is 33.9. The maximum Gasteiger partial charge on any atom is 0.305 e. The van der Waals surface area contributed by atoms with E-state index in [4.69, 9.17) is 4.74 Å². The highest BCUT2D eigenvalue weighted by Gasteiger charge is 2.51. The van der Waals surface area contributed by atoms with Crippen LogP contribution in [0.2, 0.25) is 0 Å². The SMILES string of the molecule is COC(=O)CCC[C@@H]1[C@H]2CCCN3CCC[C@@H](CN1S(=O)(=O)c1cccc([N+](=O)[O-])c1)[C@@H]23. The highest BCUT2D eigenvalue weighted by molar-refractivity contribution is 7.89. The monoisotopic (exact) mass is 465 g/mol. The molecule has 176 valence electrons. The Morgan fingerprint density at radius 3 is 2.72 bits per heavy atom. The fraction of sp³-hybridized carbons (Fsp3) is 0.682. The van der Waals surface area contributed by atoms with Crippen LogP contribution < -0.4 is 0 Å². The number of hydrogen-bond donors (Lipinski definition) is 0. The molecule has 0 saturated carbocycles. The normalized spacial score (nSPS) is 28.7. The van der Waals surface area contributed by atoms with E-state index in [0.717, 1.165) is 44.8 Å². The molecule has 9 nitrogen and oxygen atoms in total. The van der Waals surface area contributed by atoms with Crippen molar-refractivity contribution in [3.8, 4) is 0 Å². The molecule has 0 N–H and O–H groups in total. The zero-order valence-electron chi connectivity index (χ0n) is 18.4. The van der Waals surface area contributed by atoms with Crippen molar-refractivity contribution in [1.82, 2.24) is 9.21 Å². The zero-order valence-corrected chi connectivity index (χ0v) is 19.2. The first kappa shape index (κ1) is 23.1.